The predicted molar refractivity (Wildman–Crippen MR) is 178 cm³/mol. The summed E-state index contributed by atoms with van der Waals surface area (Å²) in [5, 5.41) is 27.0. The molecule has 0 saturated carbocycles. The van der Waals surface area contributed by atoms with Crippen molar-refractivity contribution in [1.29, 1.82) is 5.26 Å². The molecule has 3 aromatic carbocycles. The molecule has 236 valence electrons. The van der Waals surface area contributed by atoms with Crippen LogP contribution in [0.1, 0.15) is 62.5 Å². The molecular weight excluding hydrogens is 629 g/mol. The number of likely N-dealkylation sites (tertiary alicyclic amines) is 1. The Morgan fingerprint density at radius 1 is 0.978 bits per heavy atom. The number of hydrogen-bond acceptors (Lipinski definition) is 7. The van der Waals surface area contributed by atoms with E-state index < -0.39 is 17.7 Å². The Balaban J connectivity index is 1.38. The van der Waals surface area contributed by atoms with Crippen LogP contribution in [-0.2, 0) is 0 Å². The summed E-state index contributed by atoms with van der Waals surface area (Å²) in [5.74, 6) is -1.50. The number of halogens is 4. The fourth-order valence-electron chi connectivity index (χ4n) is 5.91. The maximum absolute atomic E-state index is 14.0. The van der Waals surface area contributed by atoms with Gasteiger partial charge < -0.3 is 10.6 Å². The maximum Gasteiger partial charge on any atom is 0.128 e. The molecule has 46 heavy (non-hydrogen) atoms. The van der Waals surface area contributed by atoms with Crippen molar-refractivity contribution in [2.24, 2.45) is 0 Å². The summed E-state index contributed by atoms with van der Waals surface area (Å²) in [5.41, 5.74) is 3.38. The molecule has 0 aliphatic carbocycles. The van der Waals surface area contributed by atoms with Crippen LogP contribution in [0.2, 0.25) is 10.0 Å². The Kier molecular flexibility index (Phi) is 8.84. The molecule has 0 bridgehead atoms. The number of aromatic nitrogens is 4. The Bertz CT molecular complexity index is 1900. The van der Waals surface area contributed by atoms with Gasteiger partial charge in [0.2, 0.25) is 0 Å². The van der Waals surface area contributed by atoms with E-state index in [9.17, 15) is 14.0 Å². The molecule has 0 radical (unpaired) electrons. The number of benzene rings is 3. The van der Waals surface area contributed by atoms with E-state index in [1.807, 2.05) is 35.1 Å². The summed E-state index contributed by atoms with van der Waals surface area (Å²) in [4.78, 5) is 7.08. The van der Waals surface area contributed by atoms with E-state index in [1.54, 1.807) is 12.1 Å². The van der Waals surface area contributed by atoms with Crippen LogP contribution < -0.4 is 10.6 Å². The van der Waals surface area contributed by atoms with Gasteiger partial charge in [0.1, 0.15) is 23.4 Å². The standard InChI is InChI=1S/C34H32Cl2F2N8/c1-34(2,3)45-10-8-27(9-11-45)46-19-30(43-44-46)32(20-4-6-22(35)7-5-20)42-29-13-23(36)12-28-31(21(17-39)18-40-33(28)29)41-26-15-24(37)14-25(38)16-26/h4-7,12-16,18-19,27,32,42H,8-11H2,1-3H3,(H,40,41)/t32-/m0/s1. The first-order chi connectivity index (χ1) is 22.0. The van der Waals surface area contributed by atoms with E-state index in [4.69, 9.17) is 23.2 Å². The third-order valence-electron chi connectivity index (χ3n) is 8.30. The van der Waals surface area contributed by atoms with Crippen LogP contribution in [0, 0.1) is 23.0 Å². The van der Waals surface area contributed by atoms with Crippen LogP contribution in [-0.4, -0.2) is 43.5 Å². The summed E-state index contributed by atoms with van der Waals surface area (Å²) in [6, 6.07) is 15.8. The minimum absolute atomic E-state index is 0.118. The van der Waals surface area contributed by atoms with Gasteiger partial charge in [0.25, 0.3) is 0 Å². The van der Waals surface area contributed by atoms with Crippen LogP contribution in [0.4, 0.5) is 25.8 Å². The molecule has 1 aliphatic heterocycles. The zero-order valence-electron chi connectivity index (χ0n) is 25.5. The minimum Gasteiger partial charge on any atom is -0.371 e. The van der Waals surface area contributed by atoms with Crippen molar-refractivity contribution in [2.75, 3.05) is 23.7 Å². The fraction of sp³-hybridized carbons (Fsp3) is 0.294. The Morgan fingerprint density at radius 3 is 2.33 bits per heavy atom. The number of fused-ring (bicyclic) bond motifs is 1. The van der Waals surface area contributed by atoms with Crippen molar-refractivity contribution >= 4 is 51.2 Å². The molecule has 0 amide bonds. The second kappa shape index (κ2) is 12.8. The number of rotatable bonds is 7. The number of nitriles is 1. The van der Waals surface area contributed by atoms with Crippen LogP contribution in [0.5, 0.6) is 0 Å². The van der Waals surface area contributed by atoms with E-state index in [-0.39, 0.29) is 22.8 Å². The summed E-state index contributed by atoms with van der Waals surface area (Å²) in [6.07, 6.45) is 5.32. The quantitative estimate of drug-likeness (QED) is 0.180. The highest BCUT2D eigenvalue weighted by atomic mass is 35.5. The highest BCUT2D eigenvalue weighted by Gasteiger charge is 2.29. The summed E-state index contributed by atoms with van der Waals surface area (Å²) in [6.45, 7) is 8.66. The van der Waals surface area contributed by atoms with Crippen molar-refractivity contribution in [2.45, 2.75) is 51.2 Å². The molecule has 8 nitrogen and oxygen atoms in total. The second-order valence-corrected chi connectivity index (χ2v) is 13.3. The van der Waals surface area contributed by atoms with Gasteiger partial charge in [-0.05, 0) is 75.6 Å². The Hall–Kier alpha value is -4.30. The highest BCUT2D eigenvalue weighted by molar-refractivity contribution is 6.32. The summed E-state index contributed by atoms with van der Waals surface area (Å²) >= 11 is 12.9. The number of piperidine rings is 1. The first-order valence-electron chi connectivity index (χ1n) is 14.9. The molecule has 3 heterocycles. The second-order valence-electron chi connectivity index (χ2n) is 12.4. The zero-order valence-corrected chi connectivity index (χ0v) is 27.0. The average molecular weight is 662 g/mol. The molecule has 2 N–H and O–H groups in total. The van der Waals surface area contributed by atoms with Gasteiger partial charge >= 0.3 is 0 Å². The number of pyridine rings is 1. The average Bonchev–Trinajstić information content (AvgIpc) is 3.50. The van der Waals surface area contributed by atoms with Crippen LogP contribution in [0.15, 0.2) is 67.0 Å². The molecular formula is C34H32Cl2F2N8. The number of nitrogens with one attached hydrogen (secondary N) is 2. The largest absolute Gasteiger partial charge is 0.371 e. The van der Waals surface area contributed by atoms with Crippen LogP contribution in [0.25, 0.3) is 10.9 Å². The molecule has 1 atom stereocenters. The number of hydrogen-bond donors (Lipinski definition) is 2. The lowest BCUT2D eigenvalue weighted by molar-refractivity contribution is 0.0866. The van der Waals surface area contributed by atoms with Gasteiger partial charge in [-0.25, -0.2) is 13.5 Å². The van der Waals surface area contributed by atoms with Gasteiger partial charge in [-0.3, -0.25) is 9.88 Å². The van der Waals surface area contributed by atoms with Gasteiger partial charge in [-0.2, -0.15) is 5.26 Å². The molecule has 12 heteroatoms. The molecule has 1 fully saturated rings. The lowest BCUT2D eigenvalue weighted by Crippen LogP contribution is -2.46. The normalized spacial score (nSPS) is 15.1. The van der Waals surface area contributed by atoms with Crippen molar-refractivity contribution in [1.82, 2.24) is 24.9 Å². The topological polar surface area (TPSA) is 94.7 Å². The number of nitrogens with zero attached hydrogens (tertiary/aromatic N) is 6. The van der Waals surface area contributed by atoms with Gasteiger partial charge in [0.05, 0.1) is 40.7 Å². The molecule has 1 saturated heterocycles. The third kappa shape index (κ3) is 6.77. The molecule has 6 rings (SSSR count). The molecule has 0 spiro atoms. The Labute approximate surface area is 275 Å². The monoisotopic (exact) mass is 660 g/mol. The van der Waals surface area contributed by atoms with E-state index in [1.165, 1.54) is 6.20 Å². The fourth-order valence-corrected chi connectivity index (χ4v) is 6.25. The van der Waals surface area contributed by atoms with Crippen molar-refractivity contribution in [3.05, 3.63) is 105 Å². The summed E-state index contributed by atoms with van der Waals surface area (Å²) < 4.78 is 30.0. The lowest BCUT2D eigenvalue weighted by Gasteiger charge is -2.40. The zero-order chi connectivity index (χ0) is 32.6. The van der Waals surface area contributed by atoms with Gasteiger partial charge in [-0.15, -0.1) is 5.10 Å². The Morgan fingerprint density at radius 2 is 1.67 bits per heavy atom. The van der Waals surface area contributed by atoms with Gasteiger partial charge in [0, 0.05) is 52.0 Å². The van der Waals surface area contributed by atoms with Crippen LogP contribution >= 0.6 is 23.2 Å². The molecule has 2 aromatic heterocycles. The van der Waals surface area contributed by atoms with E-state index in [0.717, 1.165) is 49.7 Å². The lowest BCUT2D eigenvalue weighted by atomic mass is 9.98. The maximum atomic E-state index is 14.0. The minimum atomic E-state index is -0.752. The first kappa shape index (κ1) is 31.7. The molecule has 0 unspecified atom stereocenters. The van der Waals surface area contributed by atoms with E-state index >= 15 is 0 Å². The predicted octanol–water partition coefficient (Wildman–Crippen LogP) is 8.66. The molecule has 1 aliphatic rings. The van der Waals surface area contributed by atoms with Crippen molar-refractivity contribution in [3.63, 3.8) is 0 Å². The molecule has 5 aromatic rings. The van der Waals surface area contributed by atoms with Crippen molar-refractivity contribution in [3.8, 4) is 6.07 Å². The first-order valence-corrected chi connectivity index (χ1v) is 15.7. The van der Waals surface area contributed by atoms with E-state index in [2.05, 4.69) is 57.7 Å². The van der Waals surface area contributed by atoms with Gasteiger partial charge in [0.15, 0.2) is 0 Å². The van der Waals surface area contributed by atoms with Gasteiger partial charge in [-0.1, -0.05) is 40.5 Å². The van der Waals surface area contributed by atoms with Crippen LogP contribution in [0.3, 0.4) is 0 Å². The highest BCUT2D eigenvalue weighted by Crippen LogP contribution is 2.38. The van der Waals surface area contributed by atoms with Crippen molar-refractivity contribution < 1.29 is 8.78 Å². The van der Waals surface area contributed by atoms with E-state index in [0.29, 0.717) is 38.0 Å². The smallest absolute Gasteiger partial charge is 0.128 e. The third-order valence-corrected chi connectivity index (χ3v) is 8.77. The summed E-state index contributed by atoms with van der Waals surface area (Å²) in [7, 11) is 0. The number of anilines is 3. The SMILES string of the molecule is CC(C)(C)N1CCC(n2cc([C@@H](Nc3cc(Cl)cc4c(Nc5cc(F)cc(F)c5)c(C#N)cnc34)c3ccc(Cl)cc3)nn2)CC1.